The number of nitrogens with one attached hydrogen (secondary N) is 2. The Morgan fingerprint density at radius 1 is 0.542 bits per heavy atom. The highest BCUT2D eigenvalue weighted by atomic mass is 35.5. The third-order valence-electron chi connectivity index (χ3n) is 18.7. The summed E-state index contributed by atoms with van der Waals surface area (Å²) < 4.78 is 61.0. The Hall–Kier alpha value is -8.32. The molecule has 30 nitrogen and oxygen atoms in total. The van der Waals surface area contributed by atoms with Crippen molar-refractivity contribution in [2.75, 3.05) is 51.9 Å². The molecule has 0 bridgehead atoms. The first-order chi connectivity index (χ1) is 50.7. The maximum atomic E-state index is 11.1. The predicted octanol–water partition coefficient (Wildman–Crippen LogP) is 11.7. The van der Waals surface area contributed by atoms with E-state index in [4.69, 9.17) is 99.0 Å². The number of rotatable bonds is 13. The molecule has 8 N–H and O–H groups in total. The van der Waals surface area contributed by atoms with Crippen molar-refractivity contribution in [3.05, 3.63) is 167 Å². The van der Waals surface area contributed by atoms with Gasteiger partial charge in [0.15, 0.2) is 30.3 Å². The molecule has 107 heavy (non-hydrogen) atoms. The SMILES string of the molecule is CC1(C)O[C@H]2[C@H](n3ccc4c(Cl)ncnc43)O[C@H](CO)[C@@]2(C)O1.CC1(C)O[C@H]2[C@H](n3ccc4c(Cl)ncnc43)O[C@H](COc3ccc4ccc(Cl)nc4c3)[C@@]2(C)O1.CNc1ncnc2c1ccn2[C@@H]1O[C@H](COc2ccc3ccc(NOC)nc3c2)[C@@](C)(O)[C@H]1O.CON.Cl.Oc1ccc2ccc(Cl)nc2c1. The molecule has 14 heterocycles. The summed E-state index contributed by atoms with van der Waals surface area (Å²) in [7, 11) is 4.69. The van der Waals surface area contributed by atoms with E-state index in [-0.39, 0.29) is 44.1 Å². The molecule has 12 aromatic rings. The minimum Gasteiger partial charge on any atom is -0.508 e. The second kappa shape index (κ2) is 31.7. The van der Waals surface area contributed by atoms with Crippen LogP contribution in [0.2, 0.25) is 20.6 Å². The number of aliphatic hydroxyl groups is 3. The lowest BCUT2D eigenvalue weighted by molar-refractivity contribution is -0.214. The summed E-state index contributed by atoms with van der Waals surface area (Å²) in [5.74, 6) is 5.49. The second-order valence-electron chi connectivity index (χ2n) is 26.7. The van der Waals surface area contributed by atoms with Crippen molar-refractivity contribution < 1.29 is 72.7 Å². The lowest BCUT2D eigenvalue weighted by atomic mass is 9.95. The van der Waals surface area contributed by atoms with Crippen molar-refractivity contribution in [2.45, 2.75) is 132 Å². The van der Waals surface area contributed by atoms with Gasteiger partial charge in [-0.25, -0.2) is 56.2 Å². The van der Waals surface area contributed by atoms with Crippen LogP contribution in [0.3, 0.4) is 0 Å². The van der Waals surface area contributed by atoms with Gasteiger partial charge in [-0.05, 0) is 139 Å². The monoisotopic (exact) mass is 1570 g/mol. The average molecular weight is 1570 g/mol. The molecular weight excluding hydrogens is 1490 g/mol. The first-order valence-electron chi connectivity index (χ1n) is 33.4. The van der Waals surface area contributed by atoms with Gasteiger partial charge in [0.1, 0.15) is 152 Å². The van der Waals surface area contributed by atoms with Gasteiger partial charge in [-0.1, -0.05) is 46.4 Å². The van der Waals surface area contributed by atoms with Crippen molar-refractivity contribution in [2.24, 2.45) is 5.90 Å². The summed E-state index contributed by atoms with van der Waals surface area (Å²) in [6.07, 6.45) is 4.29. The first kappa shape index (κ1) is 78.3. The van der Waals surface area contributed by atoms with Crippen LogP contribution in [0.25, 0.3) is 65.8 Å². The van der Waals surface area contributed by atoms with Crippen LogP contribution in [0.1, 0.15) is 67.1 Å². The van der Waals surface area contributed by atoms with Crippen LogP contribution >= 0.6 is 58.8 Å². The van der Waals surface area contributed by atoms with Crippen LogP contribution in [-0.2, 0) is 42.8 Å². The molecule has 5 aliphatic heterocycles. The molecule has 5 fully saturated rings. The molecule has 0 aliphatic carbocycles. The Labute approximate surface area is 638 Å². The molecule has 0 saturated carbocycles. The molecule has 0 unspecified atom stereocenters. The van der Waals surface area contributed by atoms with Gasteiger partial charge in [-0.3, -0.25) is 4.84 Å². The Morgan fingerprint density at radius 3 is 1.50 bits per heavy atom. The van der Waals surface area contributed by atoms with Crippen LogP contribution in [0, 0.1) is 0 Å². The van der Waals surface area contributed by atoms with Crippen LogP contribution in [0.15, 0.2) is 147 Å². The number of aliphatic hydroxyl groups excluding tert-OH is 2. The number of phenols is 1. The van der Waals surface area contributed by atoms with Crippen molar-refractivity contribution in [1.82, 2.24) is 58.6 Å². The summed E-state index contributed by atoms with van der Waals surface area (Å²) >= 11 is 24.1. The number of aromatic nitrogens is 12. The standard InChI is InChI=1S/C24H22Cl2N4O4.C23H26N6O5.C15H18ClN3O4.C9H6ClNO.CH5NO.ClH/c1-23(2)33-19-22(30-9-8-15-20(26)27-12-28-21(15)30)32-17(24(19,3)34-23)11-31-14-6-4-13-5-7-18(25)29-16(13)10-14;1-23(31)17(11-33-14-6-4-13-5-7-18(28-32-3)27-16(13)10-14)34-22(19(23)30)29-9-8-15-20(24-2)25-12-26-21(15)29;1-14(2)22-10-13(21-9(6-20)15(10,3)23-14)19-5-4-8-11(16)17-7-18-12(8)19;10-9-4-2-6-1-3-7(12)5-8(6)11-9;1-3-2;/h4-10,12,17,19,22H,11H2,1-3H3;4-10,12,17,19,22,30-31H,11H2,1-3H3,(H,27,28)(H,24,25,26);4-5,7,9-10,13,20H,6H2,1-3H3;1-5,12H;2H2,1H3;1H/t17-,19+,22-,24-;17-,19+,22-,23-;9-,10+,13-,15-;;;/m111.../s1. The molecule has 566 valence electrons. The number of benzene rings is 3. The molecule has 5 aliphatic rings. The van der Waals surface area contributed by atoms with Gasteiger partial charge in [-0.2, -0.15) is 0 Å². The highest BCUT2D eigenvalue weighted by Crippen LogP contribution is 2.53. The van der Waals surface area contributed by atoms with E-state index in [1.807, 2.05) is 136 Å². The Bertz CT molecular complexity index is 5120. The van der Waals surface area contributed by atoms with Crippen LogP contribution in [-0.4, -0.2) is 185 Å². The second-order valence-corrected chi connectivity index (χ2v) is 28.2. The topological polar surface area (TPSA) is 363 Å². The maximum Gasteiger partial charge on any atom is 0.165 e. The Morgan fingerprint density at radius 2 is 0.972 bits per heavy atom. The number of fused-ring (bicyclic) bond motifs is 8. The Kier molecular flexibility index (Phi) is 23.2. The van der Waals surface area contributed by atoms with E-state index in [0.29, 0.717) is 66.2 Å². The summed E-state index contributed by atoms with van der Waals surface area (Å²) in [6.45, 7) is 13.1. The number of hydrogen-bond donors (Lipinski definition) is 7. The summed E-state index contributed by atoms with van der Waals surface area (Å²) in [4.78, 5) is 46.8. The zero-order chi connectivity index (χ0) is 75.2. The molecule has 0 radical (unpaired) electrons. The van der Waals surface area contributed by atoms with Crippen LogP contribution in [0.5, 0.6) is 17.2 Å². The number of halogens is 5. The van der Waals surface area contributed by atoms with Gasteiger partial charge < -0.3 is 86.9 Å². The molecule has 0 amide bonds. The van der Waals surface area contributed by atoms with Gasteiger partial charge in [0.05, 0.1) is 53.5 Å². The van der Waals surface area contributed by atoms with Gasteiger partial charge in [0.2, 0.25) is 0 Å². The number of hydrogen-bond acceptors (Lipinski definition) is 27. The quantitative estimate of drug-likeness (QED) is 0.0320. The fraction of sp³-hybridized carbons (Fsp3) is 0.375. The predicted molar refractivity (Wildman–Crippen MR) is 401 cm³/mol. The highest BCUT2D eigenvalue weighted by Gasteiger charge is 2.66. The van der Waals surface area contributed by atoms with Crippen LogP contribution in [0.4, 0.5) is 11.6 Å². The number of phenolic OH excluding ortho intramolecular Hbond substituents is 1. The average Bonchev–Trinajstić information content (AvgIpc) is 1.57. The largest absolute Gasteiger partial charge is 0.508 e. The minimum atomic E-state index is -1.55. The lowest BCUT2D eigenvalue weighted by Gasteiger charge is -2.29. The van der Waals surface area contributed by atoms with E-state index < -0.39 is 77.6 Å². The number of anilines is 2. The van der Waals surface area contributed by atoms with Gasteiger partial charge in [-0.15, -0.1) is 12.4 Å². The summed E-state index contributed by atoms with van der Waals surface area (Å²) in [5.41, 5.74) is 3.76. The number of nitrogens with zero attached hydrogens (tertiary/aromatic N) is 12. The summed E-state index contributed by atoms with van der Waals surface area (Å²) in [5, 5.41) is 50.7. The zero-order valence-corrected chi connectivity index (χ0v) is 63.2. The third kappa shape index (κ3) is 15.8. The first-order valence-corrected chi connectivity index (χ1v) is 34.9. The van der Waals surface area contributed by atoms with E-state index in [1.165, 1.54) is 40.1 Å². The molecule has 0 spiro atoms. The van der Waals surface area contributed by atoms with Crippen molar-refractivity contribution in [3.8, 4) is 17.2 Å². The van der Waals surface area contributed by atoms with E-state index in [1.54, 1.807) is 54.2 Å². The molecular formula is C72H78Cl5N15O15. The molecule has 5 saturated heterocycles. The van der Waals surface area contributed by atoms with E-state index in [2.05, 4.69) is 66.4 Å². The van der Waals surface area contributed by atoms with E-state index in [0.717, 1.165) is 43.4 Å². The molecule has 3 aromatic carbocycles. The number of pyridine rings is 3. The normalized spacial score (nSPS) is 25.7. The molecule has 35 heteroatoms. The molecule has 17 rings (SSSR count). The fourth-order valence-corrected chi connectivity index (χ4v) is 14.4. The van der Waals surface area contributed by atoms with E-state index in [9.17, 15) is 15.3 Å². The van der Waals surface area contributed by atoms with Crippen molar-refractivity contribution in [3.63, 3.8) is 0 Å². The fourth-order valence-electron chi connectivity index (χ4n) is 13.7. The number of nitrogens with two attached hydrogens (primary N) is 1. The maximum absolute atomic E-state index is 11.1. The lowest BCUT2D eigenvalue weighted by Crippen LogP contribution is -2.47. The van der Waals surface area contributed by atoms with Gasteiger partial charge in [0, 0.05) is 60.0 Å². The zero-order valence-electron chi connectivity index (χ0n) is 59.3. The molecule has 9 aromatic heterocycles. The van der Waals surface area contributed by atoms with Crippen molar-refractivity contribution in [1.29, 1.82) is 0 Å². The van der Waals surface area contributed by atoms with Gasteiger partial charge >= 0.3 is 0 Å². The van der Waals surface area contributed by atoms with E-state index >= 15 is 0 Å². The number of ether oxygens (including phenoxy) is 9. The molecule has 12 atom stereocenters. The smallest absolute Gasteiger partial charge is 0.165 e. The summed E-state index contributed by atoms with van der Waals surface area (Å²) in [6, 6.07) is 32.8. The minimum absolute atomic E-state index is 0. The van der Waals surface area contributed by atoms with Crippen molar-refractivity contribution >= 4 is 136 Å². The number of aromatic hydroxyl groups is 1. The third-order valence-corrected chi connectivity index (χ3v) is 19.7. The Balaban J connectivity index is 0.000000138. The van der Waals surface area contributed by atoms with Gasteiger partial charge in [0.25, 0.3) is 0 Å². The highest BCUT2D eigenvalue weighted by molar-refractivity contribution is 6.34. The van der Waals surface area contributed by atoms with Crippen LogP contribution < -0.4 is 26.2 Å².